The number of ether oxygens (including phenoxy) is 1. The van der Waals surface area contributed by atoms with Crippen molar-refractivity contribution in [2.24, 2.45) is 5.92 Å². The monoisotopic (exact) mass is 223 g/mol. The molecule has 1 heterocycles. The summed E-state index contributed by atoms with van der Waals surface area (Å²) in [5.74, 6) is -0.245. The fourth-order valence-electron chi connectivity index (χ4n) is 2.54. The SMILES string of the molecule is C=C(C)C(=O)NC1CCC2CC1(C)OC2=O. The average Bonchev–Trinajstić information content (AvgIpc) is 2.43. The van der Waals surface area contributed by atoms with Crippen LogP contribution in [0.4, 0.5) is 0 Å². The number of rotatable bonds is 2. The average molecular weight is 223 g/mol. The maximum absolute atomic E-state index is 11.6. The third kappa shape index (κ3) is 1.72. The number of carbonyl (C=O) groups is 2. The summed E-state index contributed by atoms with van der Waals surface area (Å²) >= 11 is 0. The summed E-state index contributed by atoms with van der Waals surface area (Å²) in [7, 11) is 0. The molecule has 4 heteroatoms. The lowest BCUT2D eigenvalue weighted by atomic mass is 9.78. The van der Waals surface area contributed by atoms with Crippen molar-refractivity contribution in [3.8, 4) is 0 Å². The van der Waals surface area contributed by atoms with E-state index in [4.69, 9.17) is 4.74 Å². The summed E-state index contributed by atoms with van der Waals surface area (Å²) in [4.78, 5) is 23.0. The highest BCUT2D eigenvalue weighted by atomic mass is 16.6. The van der Waals surface area contributed by atoms with E-state index < -0.39 is 5.60 Å². The third-order valence-electron chi connectivity index (χ3n) is 3.55. The molecule has 2 bridgehead atoms. The lowest BCUT2D eigenvalue weighted by molar-refractivity contribution is -0.150. The molecule has 16 heavy (non-hydrogen) atoms. The van der Waals surface area contributed by atoms with Crippen molar-refractivity contribution < 1.29 is 14.3 Å². The molecule has 0 aromatic heterocycles. The molecule has 2 rings (SSSR count). The van der Waals surface area contributed by atoms with Crippen LogP contribution in [0.3, 0.4) is 0 Å². The van der Waals surface area contributed by atoms with Crippen LogP contribution in [0.2, 0.25) is 0 Å². The lowest BCUT2D eigenvalue weighted by Crippen LogP contribution is -2.52. The van der Waals surface area contributed by atoms with Gasteiger partial charge in [0.15, 0.2) is 0 Å². The van der Waals surface area contributed by atoms with Gasteiger partial charge in [-0.1, -0.05) is 6.58 Å². The van der Waals surface area contributed by atoms with Crippen LogP contribution >= 0.6 is 0 Å². The predicted molar refractivity (Wildman–Crippen MR) is 58.6 cm³/mol. The van der Waals surface area contributed by atoms with E-state index in [0.717, 1.165) is 12.8 Å². The van der Waals surface area contributed by atoms with Crippen molar-refractivity contribution in [1.82, 2.24) is 5.32 Å². The second-order valence-corrected chi connectivity index (χ2v) is 5.02. The number of carbonyl (C=O) groups excluding carboxylic acids is 2. The number of esters is 1. The van der Waals surface area contributed by atoms with Gasteiger partial charge in [-0.2, -0.15) is 0 Å². The highest BCUT2D eigenvalue weighted by molar-refractivity contribution is 5.92. The van der Waals surface area contributed by atoms with Crippen LogP contribution in [-0.4, -0.2) is 23.5 Å². The van der Waals surface area contributed by atoms with Gasteiger partial charge in [0.2, 0.25) is 5.91 Å². The Balaban J connectivity index is 2.09. The molecule has 3 unspecified atom stereocenters. The van der Waals surface area contributed by atoms with E-state index in [2.05, 4.69) is 11.9 Å². The summed E-state index contributed by atoms with van der Waals surface area (Å²) in [6, 6.07) is -0.0839. The van der Waals surface area contributed by atoms with Crippen LogP contribution in [0, 0.1) is 5.92 Å². The van der Waals surface area contributed by atoms with E-state index in [1.807, 2.05) is 6.92 Å². The van der Waals surface area contributed by atoms with E-state index in [-0.39, 0.29) is 23.8 Å². The topological polar surface area (TPSA) is 55.4 Å². The Hall–Kier alpha value is -1.32. The van der Waals surface area contributed by atoms with Crippen molar-refractivity contribution in [2.75, 3.05) is 0 Å². The first-order chi connectivity index (χ1) is 7.42. The first-order valence-electron chi connectivity index (χ1n) is 5.61. The largest absolute Gasteiger partial charge is 0.457 e. The molecule has 0 radical (unpaired) electrons. The maximum atomic E-state index is 11.6. The minimum absolute atomic E-state index is 0.0305. The zero-order chi connectivity index (χ0) is 11.9. The van der Waals surface area contributed by atoms with E-state index in [1.165, 1.54) is 0 Å². The smallest absolute Gasteiger partial charge is 0.309 e. The molecular formula is C12H17NO3. The fraction of sp³-hybridized carbons (Fsp3) is 0.667. The van der Waals surface area contributed by atoms with Gasteiger partial charge in [-0.05, 0) is 26.7 Å². The Labute approximate surface area is 95.0 Å². The van der Waals surface area contributed by atoms with Crippen LogP contribution < -0.4 is 5.32 Å². The second kappa shape index (κ2) is 3.61. The molecule has 1 saturated heterocycles. The Kier molecular flexibility index (Phi) is 2.52. The van der Waals surface area contributed by atoms with E-state index in [0.29, 0.717) is 12.0 Å². The molecule has 2 fully saturated rings. The molecule has 3 atom stereocenters. The Morgan fingerprint density at radius 1 is 1.56 bits per heavy atom. The molecule has 88 valence electrons. The molecule has 1 amide bonds. The molecule has 0 aromatic rings. The van der Waals surface area contributed by atoms with Crippen molar-refractivity contribution in [1.29, 1.82) is 0 Å². The number of fused-ring (bicyclic) bond motifs is 2. The molecular weight excluding hydrogens is 206 g/mol. The van der Waals surface area contributed by atoms with Gasteiger partial charge in [0.05, 0.1) is 12.0 Å². The van der Waals surface area contributed by atoms with Crippen molar-refractivity contribution in [3.05, 3.63) is 12.2 Å². The van der Waals surface area contributed by atoms with Gasteiger partial charge in [0.1, 0.15) is 5.60 Å². The van der Waals surface area contributed by atoms with Crippen LogP contribution in [-0.2, 0) is 14.3 Å². The molecule has 1 N–H and O–H groups in total. The van der Waals surface area contributed by atoms with Crippen LogP contribution in [0.5, 0.6) is 0 Å². The molecule has 1 aliphatic carbocycles. The lowest BCUT2D eigenvalue weighted by Gasteiger charge is -2.35. The van der Waals surface area contributed by atoms with Gasteiger partial charge in [-0.15, -0.1) is 0 Å². The van der Waals surface area contributed by atoms with Gasteiger partial charge in [-0.25, -0.2) is 0 Å². The molecule has 2 aliphatic rings. The van der Waals surface area contributed by atoms with Crippen molar-refractivity contribution in [2.45, 2.75) is 44.8 Å². The molecule has 4 nitrogen and oxygen atoms in total. The summed E-state index contributed by atoms with van der Waals surface area (Å²) < 4.78 is 5.38. The summed E-state index contributed by atoms with van der Waals surface area (Å²) in [6.07, 6.45) is 2.31. The Morgan fingerprint density at radius 2 is 2.25 bits per heavy atom. The minimum atomic E-state index is -0.523. The minimum Gasteiger partial charge on any atom is -0.457 e. The van der Waals surface area contributed by atoms with Crippen molar-refractivity contribution >= 4 is 11.9 Å². The summed E-state index contributed by atoms with van der Waals surface area (Å²) in [6.45, 7) is 7.17. The standard InChI is InChI=1S/C12H17NO3/c1-7(2)10(14)13-9-5-4-8-6-12(9,3)16-11(8)15/h8-9H,1,4-6H2,2-3H3,(H,13,14). The molecule has 0 spiro atoms. The zero-order valence-corrected chi connectivity index (χ0v) is 9.71. The number of hydrogen-bond donors (Lipinski definition) is 1. The third-order valence-corrected chi connectivity index (χ3v) is 3.55. The Morgan fingerprint density at radius 3 is 2.88 bits per heavy atom. The maximum Gasteiger partial charge on any atom is 0.309 e. The summed E-state index contributed by atoms with van der Waals surface area (Å²) in [5.41, 5.74) is -0.0412. The van der Waals surface area contributed by atoms with Crippen LogP contribution in [0.25, 0.3) is 0 Å². The van der Waals surface area contributed by atoms with Crippen LogP contribution in [0.1, 0.15) is 33.1 Å². The van der Waals surface area contributed by atoms with Gasteiger partial charge in [0.25, 0.3) is 0 Å². The van der Waals surface area contributed by atoms with Gasteiger partial charge in [0, 0.05) is 12.0 Å². The summed E-state index contributed by atoms with van der Waals surface area (Å²) in [5, 5.41) is 2.89. The van der Waals surface area contributed by atoms with Gasteiger partial charge in [-0.3, -0.25) is 9.59 Å². The van der Waals surface area contributed by atoms with Crippen LogP contribution in [0.15, 0.2) is 12.2 Å². The van der Waals surface area contributed by atoms with Crippen molar-refractivity contribution in [3.63, 3.8) is 0 Å². The predicted octanol–water partition coefficient (Wildman–Crippen LogP) is 1.16. The quantitative estimate of drug-likeness (QED) is 0.564. The Bertz CT molecular complexity index is 363. The molecule has 1 aliphatic heterocycles. The molecule has 1 saturated carbocycles. The zero-order valence-electron chi connectivity index (χ0n) is 9.71. The van der Waals surface area contributed by atoms with Gasteiger partial charge < -0.3 is 10.1 Å². The second-order valence-electron chi connectivity index (χ2n) is 5.02. The van der Waals surface area contributed by atoms with Gasteiger partial charge >= 0.3 is 5.97 Å². The number of nitrogens with one attached hydrogen (secondary N) is 1. The first-order valence-corrected chi connectivity index (χ1v) is 5.61. The highest BCUT2D eigenvalue weighted by Gasteiger charge is 2.52. The first kappa shape index (κ1) is 11.2. The van der Waals surface area contributed by atoms with E-state index in [1.54, 1.807) is 6.92 Å². The highest BCUT2D eigenvalue weighted by Crippen LogP contribution is 2.42. The number of amides is 1. The van der Waals surface area contributed by atoms with E-state index in [9.17, 15) is 9.59 Å². The fourth-order valence-corrected chi connectivity index (χ4v) is 2.54. The molecule has 0 aromatic carbocycles. The van der Waals surface area contributed by atoms with E-state index >= 15 is 0 Å². The number of hydrogen-bond acceptors (Lipinski definition) is 3. The normalized spacial score (nSPS) is 36.8.